The van der Waals surface area contributed by atoms with Crippen molar-refractivity contribution in [2.45, 2.75) is 6.04 Å². The molecule has 6 nitrogen and oxygen atoms in total. The van der Waals surface area contributed by atoms with Crippen LogP contribution in [0.2, 0.25) is 0 Å². The molecule has 1 amide bonds. The van der Waals surface area contributed by atoms with E-state index in [0.29, 0.717) is 11.4 Å². The number of amides is 1. The van der Waals surface area contributed by atoms with Crippen molar-refractivity contribution in [1.29, 1.82) is 0 Å². The van der Waals surface area contributed by atoms with Crippen molar-refractivity contribution in [3.8, 4) is 0 Å². The summed E-state index contributed by atoms with van der Waals surface area (Å²) < 4.78 is 19.4. The average molecular weight is 329 g/mol. The van der Waals surface area contributed by atoms with Gasteiger partial charge in [0.05, 0.1) is 23.6 Å². The number of nitrogens with zero attached hydrogens (tertiary/aromatic N) is 3. The first-order chi connectivity index (χ1) is 11.7. The van der Waals surface area contributed by atoms with Crippen LogP contribution in [0.15, 0.2) is 53.7 Å². The minimum atomic E-state index is -1.16. The molecule has 1 atom stereocenters. The number of fused-ring (bicyclic) bond motifs is 1. The van der Waals surface area contributed by atoms with Crippen LogP contribution >= 0.6 is 0 Å². The van der Waals surface area contributed by atoms with Crippen molar-refractivity contribution < 1.29 is 13.9 Å². The van der Waals surface area contributed by atoms with Crippen molar-refractivity contribution in [3.05, 3.63) is 59.3 Å². The zero-order chi connectivity index (χ0) is 17.1. The van der Waals surface area contributed by atoms with Crippen LogP contribution in [-0.2, 0) is 9.53 Å². The molecule has 2 aromatic carbocycles. The topological polar surface area (TPSA) is 62.2 Å². The quantitative estimate of drug-likeness (QED) is 0.809. The number of rotatable bonds is 4. The summed E-state index contributed by atoms with van der Waals surface area (Å²) in [6.45, 7) is -0.0620. The summed E-state index contributed by atoms with van der Waals surface area (Å²) in [7, 11) is 1.46. The smallest absolute Gasteiger partial charge is 0.259 e. The molecule has 0 saturated heterocycles. The van der Waals surface area contributed by atoms with Crippen molar-refractivity contribution in [3.63, 3.8) is 0 Å². The van der Waals surface area contributed by atoms with E-state index in [-0.39, 0.29) is 19.0 Å². The lowest BCUT2D eigenvalue weighted by molar-refractivity contribution is -0.120. The number of para-hydroxylation sites is 3. The highest BCUT2D eigenvalue weighted by Gasteiger charge is 2.35. The predicted molar refractivity (Wildman–Crippen MR) is 88.8 cm³/mol. The number of halogens is 1. The van der Waals surface area contributed by atoms with Crippen LogP contribution in [0, 0.1) is 10.7 Å². The van der Waals surface area contributed by atoms with Crippen LogP contribution in [-0.4, -0.2) is 32.3 Å². The van der Waals surface area contributed by atoms with Crippen LogP contribution in [0.1, 0.15) is 0 Å². The highest BCUT2D eigenvalue weighted by molar-refractivity contribution is 6.02. The Morgan fingerprint density at radius 2 is 1.75 bits per heavy atom. The third-order valence-electron chi connectivity index (χ3n) is 3.90. The van der Waals surface area contributed by atoms with Gasteiger partial charge in [0, 0.05) is 7.11 Å². The Bertz CT molecular complexity index is 768. The zero-order valence-electron chi connectivity index (χ0n) is 13.1. The first-order valence-corrected chi connectivity index (χ1v) is 7.41. The molecule has 0 saturated carbocycles. The second-order valence-electron chi connectivity index (χ2n) is 5.36. The molecule has 0 aromatic heterocycles. The normalized spacial score (nSPS) is 17.4. The van der Waals surface area contributed by atoms with Gasteiger partial charge in [-0.15, -0.1) is 4.91 Å². The van der Waals surface area contributed by atoms with Crippen LogP contribution < -0.4 is 9.80 Å². The van der Waals surface area contributed by atoms with E-state index in [4.69, 9.17) is 4.74 Å². The summed E-state index contributed by atoms with van der Waals surface area (Å²) in [5.74, 6) is -0.914. The minimum Gasteiger partial charge on any atom is -0.364 e. The number of hydrogen-bond acceptors (Lipinski definition) is 5. The molecule has 0 bridgehead atoms. The van der Waals surface area contributed by atoms with E-state index in [2.05, 4.69) is 5.18 Å². The van der Waals surface area contributed by atoms with Crippen LogP contribution in [0.25, 0.3) is 0 Å². The summed E-state index contributed by atoms with van der Waals surface area (Å²) in [4.78, 5) is 26.8. The Kier molecular flexibility index (Phi) is 4.52. The van der Waals surface area contributed by atoms with Gasteiger partial charge in [-0.2, -0.15) is 0 Å². The fourth-order valence-corrected chi connectivity index (χ4v) is 2.81. The second kappa shape index (κ2) is 6.76. The van der Waals surface area contributed by atoms with Gasteiger partial charge in [-0.05, 0) is 24.3 Å². The first kappa shape index (κ1) is 16.1. The highest BCUT2D eigenvalue weighted by atomic mass is 19.1. The van der Waals surface area contributed by atoms with Gasteiger partial charge in [0.1, 0.15) is 12.5 Å². The average Bonchev–Trinajstić information content (AvgIpc) is 2.72. The van der Waals surface area contributed by atoms with E-state index < -0.39 is 17.8 Å². The number of methoxy groups -OCH3 is 1. The van der Waals surface area contributed by atoms with Gasteiger partial charge in [-0.1, -0.05) is 29.4 Å². The zero-order valence-corrected chi connectivity index (χ0v) is 13.1. The van der Waals surface area contributed by atoms with Crippen LogP contribution in [0.4, 0.5) is 21.5 Å². The largest absolute Gasteiger partial charge is 0.364 e. The standard InChI is InChI=1S/C17H16FN3O3/c1-24-11-21-16-9-5-4-8-15(16)20(10-13(19-23)17(21)22)14-7-3-2-6-12(14)18/h2-9,13H,10-11H2,1H3. The SMILES string of the molecule is COCN1C(=O)C(N=O)CN(c2ccccc2F)c2ccccc21. The molecular formula is C17H16FN3O3. The van der Waals surface area contributed by atoms with E-state index in [9.17, 15) is 14.1 Å². The molecule has 24 heavy (non-hydrogen) atoms. The summed E-state index contributed by atoms with van der Waals surface area (Å²) >= 11 is 0. The van der Waals surface area contributed by atoms with Gasteiger partial charge >= 0.3 is 0 Å². The third kappa shape index (κ3) is 2.74. The summed E-state index contributed by atoms with van der Waals surface area (Å²) in [5.41, 5.74) is 1.43. The molecule has 1 aliphatic rings. The van der Waals surface area contributed by atoms with Gasteiger partial charge in [0.15, 0.2) is 6.04 Å². The van der Waals surface area contributed by atoms with Gasteiger partial charge < -0.3 is 9.64 Å². The molecule has 0 fully saturated rings. The number of benzene rings is 2. The molecule has 124 valence electrons. The van der Waals surface area contributed by atoms with E-state index >= 15 is 0 Å². The lowest BCUT2D eigenvalue weighted by Gasteiger charge is -2.26. The number of anilines is 3. The fraction of sp³-hybridized carbons (Fsp3) is 0.235. The molecule has 7 heteroatoms. The van der Waals surface area contributed by atoms with Gasteiger partial charge in [-0.3, -0.25) is 9.69 Å². The van der Waals surface area contributed by atoms with E-state index in [1.165, 1.54) is 18.1 Å². The number of carbonyl (C=O) groups excluding carboxylic acids is 1. The van der Waals surface area contributed by atoms with Gasteiger partial charge in [-0.25, -0.2) is 4.39 Å². The minimum absolute atomic E-state index is 0.0209. The van der Waals surface area contributed by atoms with E-state index in [1.54, 1.807) is 47.4 Å². The number of hydrogen-bond donors (Lipinski definition) is 0. The van der Waals surface area contributed by atoms with Crippen molar-refractivity contribution in [2.24, 2.45) is 5.18 Å². The van der Waals surface area contributed by atoms with E-state index in [0.717, 1.165) is 0 Å². The molecule has 2 aromatic rings. The predicted octanol–water partition coefficient (Wildman–Crippen LogP) is 3.05. The molecule has 1 heterocycles. The molecule has 0 spiro atoms. The Labute approximate surface area is 138 Å². The number of carbonyl (C=O) groups is 1. The lowest BCUT2D eigenvalue weighted by Crippen LogP contribution is -2.41. The molecule has 0 N–H and O–H groups in total. The van der Waals surface area contributed by atoms with Gasteiger partial charge in [0.2, 0.25) is 0 Å². The third-order valence-corrected chi connectivity index (χ3v) is 3.90. The number of nitroso groups, excluding NO2 is 1. The summed E-state index contributed by atoms with van der Waals surface area (Å²) in [6.07, 6.45) is 0. The highest BCUT2D eigenvalue weighted by Crippen LogP contribution is 2.38. The van der Waals surface area contributed by atoms with Crippen molar-refractivity contribution >= 4 is 23.0 Å². The fourth-order valence-electron chi connectivity index (χ4n) is 2.81. The molecule has 3 rings (SSSR count). The van der Waals surface area contributed by atoms with E-state index in [1.807, 2.05) is 0 Å². The van der Waals surface area contributed by atoms with Crippen LogP contribution in [0.5, 0.6) is 0 Å². The Morgan fingerprint density at radius 3 is 2.38 bits per heavy atom. The molecule has 1 unspecified atom stereocenters. The van der Waals surface area contributed by atoms with Gasteiger partial charge in [0.25, 0.3) is 5.91 Å². The Morgan fingerprint density at radius 1 is 1.12 bits per heavy atom. The van der Waals surface area contributed by atoms with Crippen molar-refractivity contribution in [2.75, 3.05) is 30.2 Å². The van der Waals surface area contributed by atoms with Crippen molar-refractivity contribution in [1.82, 2.24) is 0 Å². The maximum absolute atomic E-state index is 14.3. The molecular weight excluding hydrogens is 313 g/mol. The second-order valence-corrected chi connectivity index (χ2v) is 5.36. The first-order valence-electron chi connectivity index (χ1n) is 7.41. The Hall–Kier alpha value is -2.80. The maximum atomic E-state index is 14.3. The number of ether oxygens (including phenoxy) is 1. The molecule has 1 aliphatic heterocycles. The lowest BCUT2D eigenvalue weighted by atomic mass is 10.2. The Balaban J connectivity index is 2.18. The van der Waals surface area contributed by atoms with Crippen LogP contribution in [0.3, 0.4) is 0 Å². The molecule has 0 radical (unpaired) electrons. The molecule has 0 aliphatic carbocycles. The maximum Gasteiger partial charge on any atom is 0.259 e. The monoisotopic (exact) mass is 329 g/mol. The summed E-state index contributed by atoms with van der Waals surface area (Å²) in [6, 6.07) is 12.1. The summed E-state index contributed by atoms with van der Waals surface area (Å²) in [5, 5.41) is 2.95.